The van der Waals surface area contributed by atoms with Crippen molar-refractivity contribution in [2.75, 3.05) is 18.5 Å². The summed E-state index contributed by atoms with van der Waals surface area (Å²) in [4.78, 5) is 11.6. The number of rotatable bonds is 7. The van der Waals surface area contributed by atoms with E-state index in [1.807, 2.05) is 6.92 Å². The lowest BCUT2D eigenvalue weighted by Crippen LogP contribution is -2.14. The van der Waals surface area contributed by atoms with Crippen LogP contribution in [0, 0.1) is 0 Å². The quantitative estimate of drug-likeness (QED) is 0.774. The summed E-state index contributed by atoms with van der Waals surface area (Å²) in [5.41, 5.74) is 0.00592. The number of nitrogens with one attached hydrogen (secondary N) is 1. The molecular formula is C12H21N3O2S. The number of aromatic nitrogens is 2. The monoisotopic (exact) mass is 271 g/mol. The maximum atomic E-state index is 11.6. The molecule has 0 atom stereocenters. The van der Waals surface area contributed by atoms with Gasteiger partial charge in [-0.05, 0) is 13.3 Å². The summed E-state index contributed by atoms with van der Waals surface area (Å²) in [6, 6.07) is 0. The molecule has 5 nitrogen and oxygen atoms in total. The van der Waals surface area contributed by atoms with Gasteiger partial charge < -0.3 is 10.1 Å². The molecular weight excluding hydrogens is 250 g/mol. The molecule has 6 heteroatoms. The number of hydrogen-bond acceptors (Lipinski definition) is 5. The van der Waals surface area contributed by atoms with Crippen molar-refractivity contribution in [2.24, 2.45) is 0 Å². The predicted octanol–water partition coefficient (Wildman–Crippen LogP) is 2.59. The van der Waals surface area contributed by atoms with Crippen LogP contribution in [0.1, 0.15) is 45.5 Å². The molecule has 0 aliphatic rings. The van der Waals surface area contributed by atoms with Gasteiger partial charge in [-0.3, -0.25) is 4.79 Å². The number of carbonyl (C=O) groups is 1. The molecule has 0 saturated heterocycles. The van der Waals surface area contributed by atoms with Gasteiger partial charge in [0.1, 0.15) is 5.01 Å². The fraction of sp³-hybridized carbons (Fsp3) is 0.750. The Morgan fingerprint density at radius 2 is 2.11 bits per heavy atom. The summed E-state index contributed by atoms with van der Waals surface area (Å²) < 4.78 is 5.13. The van der Waals surface area contributed by atoms with Gasteiger partial charge in [-0.2, -0.15) is 0 Å². The van der Waals surface area contributed by atoms with E-state index in [0.29, 0.717) is 24.8 Å². The normalized spacial score (nSPS) is 11.6. The van der Waals surface area contributed by atoms with Gasteiger partial charge in [0.25, 0.3) is 0 Å². The van der Waals surface area contributed by atoms with E-state index < -0.39 is 0 Å². The van der Waals surface area contributed by atoms with Crippen LogP contribution in [0.3, 0.4) is 0 Å². The Bertz CT molecular complexity index is 390. The third-order valence-electron chi connectivity index (χ3n) is 2.81. The Morgan fingerprint density at radius 1 is 1.39 bits per heavy atom. The molecule has 1 aromatic heterocycles. The molecule has 0 bridgehead atoms. The van der Waals surface area contributed by atoms with E-state index in [1.165, 1.54) is 11.3 Å². The Hall–Kier alpha value is -1.01. The second-order valence-electron chi connectivity index (χ2n) is 4.64. The topological polar surface area (TPSA) is 64.1 Å². The lowest BCUT2D eigenvalue weighted by molar-refractivity contribution is -0.117. The minimum Gasteiger partial charge on any atom is -0.381 e. The van der Waals surface area contributed by atoms with E-state index in [4.69, 9.17) is 4.74 Å². The average Bonchev–Trinajstić information content (AvgIpc) is 2.78. The van der Waals surface area contributed by atoms with Gasteiger partial charge in [0.2, 0.25) is 11.0 Å². The molecule has 0 aliphatic carbocycles. The molecule has 102 valence electrons. The van der Waals surface area contributed by atoms with E-state index in [2.05, 4.69) is 36.3 Å². The van der Waals surface area contributed by atoms with E-state index in [9.17, 15) is 4.79 Å². The van der Waals surface area contributed by atoms with Gasteiger partial charge in [0.05, 0.1) is 13.0 Å². The number of ether oxygens (including phenoxy) is 1. The minimum absolute atomic E-state index is 0.00592. The predicted molar refractivity (Wildman–Crippen MR) is 73.0 cm³/mol. The van der Waals surface area contributed by atoms with Gasteiger partial charge in [0, 0.05) is 12.0 Å². The van der Waals surface area contributed by atoms with Crippen molar-refractivity contribution in [3.8, 4) is 0 Å². The number of carbonyl (C=O) groups excluding carboxylic acids is 1. The summed E-state index contributed by atoms with van der Waals surface area (Å²) in [5, 5.41) is 12.4. The van der Waals surface area contributed by atoms with Crippen LogP contribution in [-0.4, -0.2) is 29.3 Å². The third-order valence-corrected chi connectivity index (χ3v) is 4.02. The Balaban J connectivity index is 2.51. The van der Waals surface area contributed by atoms with Crippen molar-refractivity contribution in [1.82, 2.24) is 10.2 Å². The lowest BCUT2D eigenvalue weighted by Gasteiger charge is -2.17. The largest absolute Gasteiger partial charge is 0.381 e. The van der Waals surface area contributed by atoms with Crippen molar-refractivity contribution in [3.05, 3.63) is 5.01 Å². The lowest BCUT2D eigenvalue weighted by atomic mass is 9.91. The zero-order valence-corrected chi connectivity index (χ0v) is 12.3. The highest BCUT2D eigenvalue weighted by atomic mass is 32.1. The van der Waals surface area contributed by atoms with Crippen LogP contribution in [-0.2, 0) is 14.9 Å². The van der Waals surface area contributed by atoms with Gasteiger partial charge in [-0.15, -0.1) is 10.2 Å². The van der Waals surface area contributed by atoms with Gasteiger partial charge >= 0.3 is 0 Å². The number of hydrogen-bond donors (Lipinski definition) is 1. The second-order valence-corrected chi connectivity index (χ2v) is 5.62. The standard InChI is InChI=1S/C12H21N3O2S/c1-5-12(3,4)10-14-15-11(18-10)13-9(16)7-8-17-6-2/h5-8H2,1-4H3,(H,13,15,16). The fourth-order valence-electron chi connectivity index (χ4n) is 1.19. The molecule has 0 fully saturated rings. The summed E-state index contributed by atoms with van der Waals surface area (Å²) >= 11 is 1.44. The Morgan fingerprint density at radius 3 is 2.72 bits per heavy atom. The number of amides is 1. The van der Waals surface area contributed by atoms with Crippen LogP contribution in [0.5, 0.6) is 0 Å². The summed E-state index contributed by atoms with van der Waals surface area (Å²) in [6.07, 6.45) is 1.33. The zero-order valence-electron chi connectivity index (χ0n) is 11.4. The molecule has 0 aliphatic heterocycles. The van der Waals surface area contributed by atoms with E-state index in [-0.39, 0.29) is 11.3 Å². The van der Waals surface area contributed by atoms with Crippen molar-refractivity contribution < 1.29 is 9.53 Å². The Labute approximate surface area is 112 Å². The van der Waals surface area contributed by atoms with E-state index >= 15 is 0 Å². The molecule has 1 amide bonds. The first-order valence-corrected chi connectivity index (χ1v) is 7.02. The number of nitrogens with zero attached hydrogens (tertiary/aromatic N) is 2. The molecule has 1 N–H and O–H groups in total. The first kappa shape index (κ1) is 15.0. The van der Waals surface area contributed by atoms with Crippen LogP contribution in [0.25, 0.3) is 0 Å². The van der Waals surface area contributed by atoms with Crippen molar-refractivity contribution >= 4 is 22.4 Å². The third kappa shape index (κ3) is 4.34. The van der Waals surface area contributed by atoms with Gasteiger partial charge in [-0.25, -0.2) is 0 Å². The summed E-state index contributed by atoms with van der Waals surface area (Å²) in [7, 11) is 0. The zero-order chi connectivity index (χ0) is 13.6. The van der Waals surface area contributed by atoms with E-state index in [0.717, 1.165) is 11.4 Å². The van der Waals surface area contributed by atoms with Crippen molar-refractivity contribution in [1.29, 1.82) is 0 Å². The molecule has 1 heterocycles. The van der Waals surface area contributed by atoms with Crippen molar-refractivity contribution in [2.45, 2.75) is 46.0 Å². The highest BCUT2D eigenvalue weighted by Crippen LogP contribution is 2.30. The number of anilines is 1. The molecule has 0 aromatic carbocycles. The summed E-state index contributed by atoms with van der Waals surface area (Å²) in [5.74, 6) is -0.0829. The van der Waals surface area contributed by atoms with Crippen LogP contribution in [0.2, 0.25) is 0 Å². The minimum atomic E-state index is -0.0829. The highest BCUT2D eigenvalue weighted by Gasteiger charge is 2.23. The average molecular weight is 271 g/mol. The molecule has 18 heavy (non-hydrogen) atoms. The van der Waals surface area contributed by atoms with Gasteiger partial charge in [0.15, 0.2) is 0 Å². The first-order chi connectivity index (χ1) is 8.49. The maximum Gasteiger partial charge on any atom is 0.228 e. The van der Waals surface area contributed by atoms with E-state index in [1.54, 1.807) is 0 Å². The van der Waals surface area contributed by atoms with Crippen LogP contribution in [0.15, 0.2) is 0 Å². The maximum absolute atomic E-state index is 11.6. The van der Waals surface area contributed by atoms with Crippen molar-refractivity contribution in [3.63, 3.8) is 0 Å². The van der Waals surface area contributed by atoms with Crippen LogP contribution >= 0.6 is 11.3 Å². The molecule has 0 radical (unpaired) electrons. The molecule has 0 spiro atoms. The molecule has 0 unspecified atom stereocenters. The molecule has 0 saturated carbocycles. The van der Waals surface area contributed by atoms with Crippen LogP contribution < -0.4 is 5.32 Å². The summed E-state index contributed by atoms with van der Waals surface area (Å²) in [6.45, 7) is 9.32. The SMILES string of the molecule is CCOCCC(=O)Nc1nnc(C(C)(C)CC)s1. The smallest absolute Gasteiger partial charge is 0.228 e. The molecule has 1 rings (SSSR count). The Kier molecular flexibility index (Phi) is 5.68. The fourth-order valence-corrected chi connectivity index (χ4v) is 2.12. The second kappa shape index (κ2) is 6.80. The van der Waals surface area contributed by atoms with Crippen LogP contribution in [0.4, 0.5) is 5.13 Å². The highest BCUT2D eigenvalue weighted by molar-refractivity contribution is 7.15. The molecule has 1 aromatic rings. The first-order valence-electron chi connectivity index (χ1n) is 6.21. The van der Waals surface area contributed by atoms with Gasteiger partial charge in [-0.1, -0.05) is 32.1 Å².